The number of carbonyl (C=O) groups excluding carboxylic acids is 5. The molecule has 5 heterocycles. The summed E-state index contributed by atoms with van der Waals surface area (Å²) in [6.45, 7) is 0.773. The van der Waals surface area contributed by atoms with Gasteiger partial charge in [-0.3, -0.25) is 24.1 Å². The maximum atomic E-state index is 13.4. The molecule has 3 fully saturated rings. The Morgan fingerprint density at radius 1 is 1.13 bits per heavy atom. The summed E-state index contributed by atoms with van der Waals surface area (Å²) in [7, 11) is 0. The number of thioether (sulfide) groups is 1. The summed E-state index contributed by atoms with van der Waals surface area (Å²) in [4.78, 5) is 77.6. The van der Waals surface area contributed by atoms with E-state index in [0.29, 0.717) is 30.8 Å². The highest BCUT2D eigenvalue weighted by Gasteiger charge is 2.53. The fourth-order valence-electron chi connectivity index (χ4n) is 6.67. The molecule has 3 aromatic rings. The summed E-state index contributed by atoms with van der Waals surface area (Å²) in [6, 6.07) is 8.74. The molecule has 16 nitrogen and oxygen atoms in total. The van der Waals surface area contributed by atoms with E-state index in [1.807, 2.05) is 12.1 Å². The number of phenols is 1. The lowest BCUT2D eigenvalue weighted by Gasteiger charge is -2.50. The largest absolute Gasteiger partial charge is 0.543 e. The second kappa shape index (κ2) is 15.7. The number of aromatic hydroxyl groups is 1. The number of nitrogens with two attached hydrogens (primary N) is 1. The molecule has 4 amide bonds. The van der Waals surface area contributed by atoms with Crippen LogP contribution in [-0.4, -0.2) is 85.0 Å². The summed E-state index contributed by atoms with van der Waals surface area (Å²) in [5.74, 6) is -3.15. The number of carboxylic acids is 1. The maximum Gasteiger partial charge on any atom is 0.290 e. The molecule has 18 heteroatoms. The van der Waals surface area contributed by atoms with Crippen LogP contribution >= 0.6 is 23.1 Å². The Hall–Kier alpha value is -5.75. The number of oxime groups is 1. The van der Waals surface area contributed by atoms with Gasteiger partial charge in [-0.2, -0.15) is 4.57 Å². The molecular weight excluding hydrogens is 737 g/mol. The Balaban J connectivity index is 0.980. The number of phenolic OH excluding ortho intramolecular Hbond substituents is 1. The number of nitrogens with zero attached hydrogens (tertiary/aromatic N) is 5. The third-order valence-corrected chi connectivity index (χ3v) is 11.4. The number of hydrogen-bond donors (Lipinski definition) is 4. The fourth-order valence-corrected chi connectivity index (χ4v) is 8.52. The quantitative estimate of drug-likeness (QED) is 0.0503. The monoisotopic (exact) mass is 772 g/mol. The van der Waals surface area contributed by atoms with Gasteiger partial charge in [-0.1, -0.05) is 5.16 Å². The van der Waals surface area contributed by atoms with Gasteiger partial charge in [0.15, 0.2) is 23.2 Å². The lowest BCUT2D eigenvalue weighted by molar-refractivity contribution is -0.684. The smallest absolute Gasteiger partial charge is 0.290 e. The summed E-state index contributed by atoms with van der Waals surface area (Å²) in [5, 5.41) is 32.4. The minimum atomic E-state index is -1.56. The van der Waals surface area contributed by atoms with Crippen molar-refractivity contribution in [2.24, 2.45) is 5.16 Å². The lowest BCUT2D eigenvalue weighted by atomic mass is 10.0. The second-order valence-corrected chi connectivity index (χ2v) is 15.2. The Kier molecular flexibility index (Phi) is 10.6. The predicted octanol–water partition coefficient (Wildman–Crippen LogP) is 0.783. The van der Waals surface area contributed by atoms with Crippen molar-refractivity contribution in [1.82, 2.24) is 20.1 Å². The molecule has 3 aliphatic heterocycles. The van der Waals surface area contributed by atoms with Crippen LogP contribution < -0.4 is 26.0 Å². The fraction of sp³-hybridized carbons (Fsp3) is 0.333. The molecule has 5 N–H and O–H groups in total. The number of aromatic nitrogens is 2. The van der Waals surface area contributed by atoms with Crippen molar-refractivity contribution in [1.29, 1.82) is 0 Å². The summed E-state index contributed by atoms with van der Waals surface area (Å²) in [5.41, 5.74) is 7.61. The minimum Gasteiger partial charge on any atom is -0.543 e. The van der Waals surface area contributed by atoms with E-state index in [9.17, 15) is 34.2 Å². The predicted molar refractivity (Wildman–Crippen MR) is 195 cm³/mol. The van der Waals surface area contributed by atoms with Gasteiger partial charge in [0.05, 0.1) is 11.7 Å². The molecule has 0 bridgehead atoms. The highest BCUT2D eigenvalue weighted by molar-refractivity contribution is 8.00. The number of hydrogen-bond acceptors (Lipinski definition) is 13. The number of allylic oxidation sites excluding steroid dienone is 1. The normalized spacial score (nSPS) is 21.0. The van der Waals surface area contributed by atoms with Crippen molar-refractivity contribution < 1.29 is 43.6 Å². The number of nitrogens with one attached hydrogen (secondary N) is 2. The zero-order chi connectivity index (χ0) is 37.9. The molecule has 0 radical (unpaired) electrons. The number of benzene rings is 1. The molecule has 1 saturated carbocycles. The first kappa shape index (κ1) is 36.6. The van der Waals surface area contributed by atoms with Gasteiger partial charge in [-0.25, -0.2) is 4.98 Å². The van der Waals surface area contributed by atoms with Crippen molar-refractivity contribution in [2.45, 2.75) is 62.7 Å². The van der Waals surface area contributed by atoms with Crippen LogP contribution in [0.25, 0.3) is 0 Å². The number of rotatable bonds is 12. The number of thiazole rings is 1. The molecule has 280 valence electrons. The van der Waals surface area contributed by atoms with Crippen LogP contribution in [-0.2, 0) is 41.9 Å². The van der Waals surface area contributed by atoms with Crippen molar-refractivity contribution in [2.75, 3.05) is 23.3 Å². The third kappa shape index (κ3) is 7.93. The van der Waals surface area contributed by atoms with Crippen molar-refractivity contribution >= 4 is 69.2 Å². The molecular formula is C36H36N8O8S2. The van der Waals surface area contributed by atoms with E-state index in [2.05, 4.69) is 20.8 Å². The number of aliphatic carboxylic acids is 1. The van der Waals surface area contributed by atoms with Crippen LogP contribution in [0.3, 0.4) is 0 Å². The van der Waals surface area contributed by atoms with E-state index < -0.39 is 29.2 Å². The van der Waals surface area contributed by atoms with Crippen LogP contribution in [0.5, 0.6) is 5.75 Å². The van der Waals surface area contributed by atoms with Gasteiger partial charge < -0.3 is 41.1 Å². The number of carboxylic acid groups (broad SMARTS) is 1. The van der Waals surface area contributed by atoms with E-state index in [4.69, 9.17) is 10.6 Å². The average Bonchev–Trinajstić information content (AvgIpc) is 3.91. The number of fused-ring (bicyclic) bond motifs is 1. The Bertz CT molecular complexity index is 2080. The molecule has 1 aromatic carbocycles. The highest BCUT2D eigenvalue weighted by Crippen LogP contribution is 2.41. The summed E-state index contributed by atoms with van der Waals surface area (Å²) < 4.78 is 1.70. The van der Waals surface area contributed by atoms with Crippen LogP contribution in [0.4, 0.5) is 10.8 Å². The summed E-state index contributed by atoms with van der Waals surface area (Å²) in [6.07, 6.45) is 8.87. The molecule has 0 spiro atoms. The molecule has 4 aliphatic rings. The number of likely N-dealkylation sites (tertiary alicyclic amines) is 1. The number of nitrogen functional groups attached to an aromatic ring is 1. The lowest BCUT2D eigenvalue weighted by Crippen LogP contribution is -2.71. The number of β-lactam (4-membered cyclic amide) rings is 1. The van der Waals surface area contributed by atoms with Gasteiger partial charge >= 0.3 is 0 Å². The number of amides is 4. The van der Waals surface area contributed by atoms with Crippen LogP contribution in [0.1, 0.15) is 43.4 Å². The number of pyridine rings is 1. The first-order valence-electron chi connectivity index (χ1n) is 17.3. The van der Waals surface area contributed by atoms with Gasteiger partial charge in [0, 0.05) is 47.6 Å². The van der Waals surface area contributed by atoms with Crippen LogP contribution in [0.15, 0.2) is 82.2 Å². The molecule has 7 rings (SSSR count). The zero-order valence-corrected chi connectivity index (χ0v) is 30.4. The summed E-state index contributed by atoms with van der Waals surface area (Å²) >= 11 is 2.39. The van der Waals surface area contributed by atoms with Crippen molar-refractivity contribution in [3.63, 3.8) is 0 Å². The third-order valence-electron chi connectivity index (χ3n) is 9.42. The number of anilines is 2. The first-order valence-corrected chi connectivity index (χ1v) is 19.2. The Labute approximate surface area is 317 Å². The molecule has 54 heavy (non-hydrogen) atoms. The van der Waals surface area contributed by atoms with E-state index in [-0.39, 0.29) is 63.8 Å². The van der Waals surface area contributed by atoms with Gasteiger partial charge in [0.1, 0.15) is 29.0 Å². The Morgan fingerprint density at radius 2 is 1.87 bits per heavy atom. The van der Waals surface area contributed by atoms with Gasteiger partial charge in [-0.05, 0) is 73.6 Å². The van der Waals surface area contributed by atoms with Crippen LogP contribution in [0.2, 0.25) is 0 Å². The SMILES string of the molecule is Nc1nc(C(=NOC2CCCC2)C(=O)N[C@@H]2C(=O)N3C(C(=O)[O-])=C(C=C4CCN(Cc5cc[n+](CC(=O)Nc6ccc(O)cc6)cc5)C4=O)CS[C@H]23)cs1. The van der Waals surface area contributed by atoms with E-state index >= 15 is 0 Å². The van der Waals surface area contributed by atoms with Gasteiger partial charge in [-0.15, -0.1) is 23.1 Å². The molecule has 0 unspecified atom stereocenters. The van der Waals surface area contributed by atoms with E-state index in [1.54, 1.807) is 39.4 Å². The Morgan fingerprint density at radius 3 is 2.56 bits per heavy atom. The molecule has 2 saturated heterocycles. The van der Waals surface area contributed by atoms with Gasteiger partial charge in [0.2, 0.25) is 12.5 Å². The number of carbonyl (C=O) groups is 5. The molecule has 1 aliphatic carbocycles. The van der Waals surface area contributed by atoms with E-state index in [1.165, 1.54) is 30.0 Å². The zero-order valence-electron chi connectivity index (χ0n) is 28.8. The van der Waals surface area contributed by atoms with Crippen LogP contribution in [0, 0.1) is 0 Å². The maximum absolute atomic E-state index is 13.4. The molecule has 2 aromatic heterocycles. The highest BCUT2D eigenvalue weighted by atomic mass is 32.2. The first-order chi connectivity index (χ1) is 26.0. The standard InChI is InChI=1S/C36H36N8O8S2/c37-36-39-26(19-54-36)28(41-52-25-3-1-2-4-25)31(47)40-29-33(49)44-30(35(50)51)22(18-53-34(29)44)15-21-11-14-43(32(21)48)16-20-9-12-42(13-10-20)17-27(46)38-23-5-7-24(45)8-6-23/h5-10,12-13,15,19,25,29,34H,1-4,11,14,16-18H2,(H5-,37,38,39,40,41,45,46,47,50,51)/t29-,34-/m1/s1. The topological polar surface area (TPSA) is 224 Å². The second-order valence-electron chi connectivity index (χ2n) is 13.2. The van der Waals surface area contributed by atoms with Gasteiger partial charge in [0.25, 0.3) is 17.7 Å². The van der Waals surface area contributed by atoms with Crippen molar-refractivity contribution in [3.05, 3.63) is 88.3 Å². The average molecular weight is 773 g/mol. The minimum absolute atomic E-state index is 0.0604. The molecule has 2 atom stereocenters. The van der Waals surface area contributed by atoms with Crippen molar-refractivity contribution in [3.8, 4) is 5.75 Å². The van der Waals surface area contributed by atoms with E-state index in [0.717, 1.165) is 47.5 Å².